The maximum absolute atomic E-state index is 5.36. The number of nitrogens with zero attached hydrogens (tertiary/aromatic N) is 3. The summed E-state index contributed by atoms with van der Waals surface area (Å²) in [5, 5.41) is 0. The Labute approximate surface area is 106 Å². The van der Waals surface area contributed by atoms with Crippen LogP contribution in [0, 0.1) is 0 Å². The van der Waals surface area contributed by atoms with E-state index in [1.165, 1.54) is 0 Å². The third-order valence-corrected chi connectivity index (χ3v) is 3.28. The predicted octanol–water partition coefficient (Wildman–Crippen LogP) is 1.33. The largest absolute Gasteiger partial charge is 0.497 e. The molecule has 0 unspecified atom stereocenters. The van der Waals surface area contributed by atoms with Crippen molar-refractivity contribution >= 4 is 11.0 Å². The molecule has 96 valence electrons. The molecule has 0 atom stereocenters. The Kier molecular flexibility index (Phi) is 3.17. The molecule has 3 rings (SSSR count). The van der Waals surface area contributed by atoms with E-state index in [4.69, 9.17) is 9.47 Å². The van der Waals surface area contributed by atoms with Gasteiger partial charge in [-0.1, -0.05) is 0 Å². The fourth-order valence-electron chi connectivity index (χ4n) is 2.23. The highest BCUT2D eigenvalue weighted by atomic mass is 16.5. The van der Waals surface area contributed by atoms with E-state index in [9.17, 15) is 0 Å². The lowest BCUT2D eigenvalue weighted by Gasteiger charge is -2.26. The van der Waals surface area contributed by atoms with Gasteiger partial charge in [0.1, 0.15) is 5.75 Å². The zero-order chi connectivity index (χ0) is 12.4. The zero-order valence-electron chi connectivity index (χ0n) is 10.5. The van der Waals surface area contributed by atoms with E-state index in [0.717, 1.165) is 49.8 Å². The van der Waals surface area contributed by atoms with Crippen molar-refractivity contribution in [2.75, 3.05) is 33.4 Å². The molecule has 18 heavy (non-hydrogen) atoms. The van der Waals surface area contributed by atoms with Gasteiger partial charge in [0.25, 0.3) is 0 Å². The smallest absolute Gasteiger partial charge is 0.121 e. The van der Waals surface area contributed by atoms with Gasteiger partial charge in [-0.15, -0.1) is 0 Å². The number of ether oxygens (including phenoxy) is 2. The molecular weight excluding hydrogens is 230 g/mol. The zero-order valence-corrected chi connectivity index (χ0v) is 10.5. The van der Waals surface area contributed by atoms with Crippen molar-refractivity contribution in [3.05, 3.63) is 24.5 Å². The molecule has 0 N–H and O–H groups in total. The fourth-order valence-corrected chi connectivity index (χ4v) is 2.23. The molecule has 5 heteroatoms. The van der Waals surface area contributed by atoms with E-state index in [1.54, 1.807) is 7.11 Å². The highest BCUT2D eigenvalue weighted by Gasteiger charge is 2.12. The first-order chi connectivity index (χ1) is 8.86. The van der Waals surface area contributed by atoms with Crippen molar-refractivity contribution in [2.45, 2.75) is 6.67 Å². The molecule has 2 aromatic rings. The Morgan fingerprint density at radius 1 is 1.33 bits per heavy atom. The van der Waals surface area contributed by atoms with Gasteiger partial charge >= 0.3 is 0 Å². The van der Waals surface area contributed by atoms with Gasteiger partial charge in [0.2, 0.25) is 0 Å². The molecule has 1 aliphatic rings. The fraction of sp³-hybridized carbons (Fsp3) is 0.462. The molecule has 1 fully saturated rings. The standard InChI is InChI=1S/C13H17N3O2/c1-17-11-2-3-12-13(8-11)16(9-14-12)10-15-4-6-18-7-5-15/h2-3,8-9H,4-7,10H2,1H3. The van der Waals surface area contributed by atoms with Crippen LogP contribution in [0.15, 0.2) is 24.5 Å². The van der Waals surface area contributed by atoms with E-state index in [1.807, 2.05) is 24.5 Å². The summed E-state index contributed by atoms with van der Waals surface area (Å²) in [7, 11) is 1.68. The van der Waals surface area contributed by atoms with Crippen molar-refractivity contribution < 1.29 is 9.47 Å². The van der Waals surface area contributed by atoms with Crippen LogP contribution >= 0.6 is 0 Å². The van der Waals surface area contributed by atoms with Crippen molar-refractivity contribution in [3.8, 4) is 5.75 Å². The minimum absolute atomic E-state index is 0.815. The second-order valence-corrected chi connectivity index (χ2v) is 4.44. The van der Waals surface area contributed by atoms with Gasteiger partial charge in [-0.05, 0) is 12.1 Å². The Morgan fingerprint density at radius 3 is 2.94 bits per heavy atom. The molecule has 1 aliphatic heterocycles. The normalized spacial score (nSPS) is 17.2. The average molecular weight is 247 g/mol. The van der Waals surface area contributed by atoms with Gasteiger partial charge in [0.15, 0.2) is 0 Å². The predicted molar refractivity (Wildman–Crippen MR) is 68.7 cm³/mol. The number of benzene rings is 1. The molecule has 0 amide bonds. The third-order valence-electron chi connectivity index (χ3n) is 3.28. The topological polar surface area (TPSA) is 39.5 Å². The Hall–Kier alpha value is -1.59. The second kappa shape index (κ2) is 4.96. The van der Waals surface area contributed by atoms with Crippen LogP contribution in [-0.4, -0.2) is 47.9 Å². The van der Waals surface area contributed by atoms with Crippen LogP contribution in [0.1, 0.15) is 0 Å². The van der Waals surface area contributed by atoms with Crippen molar-refractivity contribution in [2.24, 2.45) is 0 Å². The molecule has 1 aromatic heterocycles. The molecule has 1 aromatic carbocycles. The minimum Gasteiger partial charge on any atom is -0.497 e. The molecular formula is C13H17N3O2. The van der Waals surface area contributed by atoms with Gasteiger partial charge in [0, 0.05) is 19.2 Å². The van der Waals surface area contributed by atoms with Crippen molar-refractivity contribution in [1.82, 2.24) is 14.5 Å². The summed E-state index contributed by atoms with van der Waals surface area (Å²) < 4.78 is 12.8. The first-order valence-corrected chi connectivity index (χ1v) is 6.16. The highest BCUT2D eigenvalue weighted by Crippen LogP contribution is 2.20. The van der Waals surface area contributed by atoms with Crippen LogP contribution < -0.4 is 4.74 Å². The van der Waals surface area contributed by atoms with E-state index in [0.29, 0.717) is 0 Å². The first kappa shape index (κ1) is 11.5. The maximum atomic E-state index is 5.36. The lowest BCUT2D eigenvalue weighted by molar-refractivity contribution is 0.0241. The number of rotatable bonds is 3. The van der Waals surface area contributed by atoms with E-state index in [-0.39, 0.29) is 0 Å². The molecule has 0 aliphatic carbocycles. The minimum atomic E-state index is 0.815. The lowest BCUT2D eigenvalue weighted by atomic mass is 10.3. The number of fused-ring (bicyclic) bond motifs is 1. The quantitative estimate of drug-likeness (QED) is 0.820. The van der Waals surface area contributed by atoms with Crippen LogP contribution in [0.5, 0.6) is 5.75 Å². The van der Waals surface area contributed by atoms with Gasteiger partial charge in [0.05, 0.1) is 44.4 Å². The van der Waals surface area contributed by atoms with E-state index in [2.05, 4.69) is 14.5 Å². The van der Waals surface area contributed by atoms with Crippen LogP contribution in [-0.2, 0) is 11.4 Å². The highest BCUT2D eigenvalue weighted by molar-refractivity contribution is 5.76. The second-order valence-electron chi connectivity index (χ2n) is 4.44. The maximum Gasteiger partial charge on any atom is 0.121 e. The van der Waals surface area contributed by atoms with Gasteiger partial charge < -0.3 is 14.0 Å². The number of morpholine rings is 1. The van der Waals surface area contributed by atoms with Gasteiger partial charge in [-0.25, -0.2) is 4.98 Å². The monoisotopic (exact) mass is 247 g/mol. The lowest BCUT2D eigenvalue weighted by Crippen LogP contribution is -2.37. The number of hydrogen-bond donors (Lipinski definition) is 0. The van der Waals surface area contributed by atoms with E-state index >= 15 is 0 Å². The summed E-state index contributed by atoms with van der Waals surface area (Å²) in [5.74, 6) is 0.867. The first-order valence-electron chi connectivity index (χ1n) is 6.16. The Bertz CT molecular complexity index is 532. The summed E-state index contributed by atoms with van der Waals surface area (Å²) in [6.07, 6.45) is 1.89. The number of aromatic nitrogens is 2. The summed E-state index contributed by atoms with van der Waals surface area (Å²) >= 11 is 0. The number of methoxy groups -OCH3 is 1. The van der Waals surface area contributed by atoms with Crippen LogP contribution in [0.4, 0.5) is 0 Å². The molecule has 0 spiro atoms. The van der Waals surface area contributed by atoms with Crippen LogP contribution in [0.25, 0.3) is 11.0 Å². The molecule has 1 saturated heterocycles. The third kappa shape index (κ3) is 2.19. The number of hydrogen-bond acceptors (Lipinski definition) is 4. The number of imidazole rings is 1. The molecule has 0 saturated carbocycles. The SMILES string of the molecule is COc1ccc2ncn(CN3CCOCC3)c2c1. The van der Waals surface area contributed by atoms with Crippen molar-refractivity contribution in [3.63, 3.8) is 0 Å². The average Bonchev–Trinajstić information content (AvgIpc) is 2.82. The van der Waals surface area contributed by atoms with Crippen LogP contribution in [0.3, 0.4) is 0 Å². The summed E-state index contributed by atoms with van der Waals surface area (Å²) in [4.78, 5) is 6.77. The summed E-state index contributed by atoms with van der Waals surface area (Å²) in [6.45, 7) is 4.44. The van der Waals surface area contributed by atoms with Gasteiger partial charge in [-0.3, -0.25) is 4.90 Å². The molecule has 2 heterocycles. The molecule has 5 nitrogen and oxygen atoms in total. The van der Waals surface area contributed by atoms with Crippen molar-refractivity contribution in [1.29, 1.82) is 0 Å². The molecule has 0 bridgehead atoms. The Morgan fingerprint density at radius 2 is 2.17 bits per heavy atom. The Balaban J connectivity index is 1.86. The molecule has 0 radical (unpaired) electrons. The van der Waals surface area contributed by atoms with Crippen LogP contribution in [0.2, 0.25) is 0 Å². The van der Waals surface area contributed by atoms with Gasteiger partial charge in [-0.2, -0.15) is 0 Å². The van der Waals surface area contributed by atoms with E-state index < -0.39 is 0 Å². The summed E-state index contributed by atoms with van der Waals surface area (Å²) in [5.41, 5.74) is 2.12. The summed E-state index contributed by atoms with van der Waals surface area (Å²) in [6, 6.07) is 5.96.